The van der Waals surface area contributed by atoms with Gasteiger partial charge < -0.3 is 69.1 Å². The lowest BCUT2D eigenvalue weighted by atomic mass is 10.2. The summed E-state index contributed by atoms with van der Waals surface area (Å²) >= 11 is 5.33. The number of hydrogen-bond acceptors (Lipinski definition) is 21. The quantitative estimate of drug-likeness (QED) is 0.0217. The number of nitrogen functional groups attached to an aromatic ring is 2. The van der Waals surface area contributed by atoms with E-state index in [9.17, 15) is 23.6 Å². The molecule has 0 saturated heterocycles. The number of nitrogens with two attached hydrogens (primary N) is 2. The average Bonchev–Trinajstić information content (AvgIpc) is 3.94. The molecule has 384 valence electrons. The largest absolute Gasteiger partial charge is 0.479 e. The predicted molar refractivity (Wildman–Crippen MR) is 260 cm³/mol. The van der Waals surface area contributed by atoms with E-state index in [2.05, 4.69) is 39.7 Å². The molecule has 0 bridgehead atoms. The third-order valence-electron chi connectivity index (χ3n) is 8.95. The Morgan fingerprint density at radius 2 is 1.16 bits per heavy atom. The third kappa shape index (κ3) is 18.8. The van der Waals surface area contributed by atoms with Gasteiger partial charge in [0.15, 0.2) is 22.3 Å². The van der Waals surface area contributed by atoms with Crippen LogP contribution in [0.2, 0.25) is 0 Å². The van der Waals surface area contributed by atoms with Crippen LogP contribution in [0.25, 0.3) is 22.3 Å². The Morgan fingerprint density at radius 1 is 0.714 bits per heavy atom. The van der Waals surface area contributed by atoms with Crippen molar-refractivity contribution < 1.29 is 61.1 Å². The van der Waals surface area contributed by atoms with E-state index in [-0.39, 0.29) is 75.2 Å². The SMILES string of the molecule is CCOC(=O)[C@H](C)Cl.CCOC(=O)[C@H](C)NP(=O)(COCCn1cnc2c(OC)nc(N)nc21)OCc1ccccc1.COc1nc(N)nc2c1ncn2CCOCP(=O)(O)OCc1ccccc1.N. The maximum atomic E-state index is 13.5. The summed E-state index contributed by atoms with van der Waals surface area (Å²) in [4.78, 5) is 57.0. The molecule has 0 saturated carbocycles. The lowest BCUT2D eigenvalue weighted by molar-refractivity contribution is -0.145. The van der Waals surface area contributed by atoms with E-state index in [0.29, 0.717) is 42.0 Å². The molecule has 2 unspecified atom stereocenters. The zero-order valence-corrected chi connectivity index (χ0v) is 42.3. The molecule has 0 fully saturated rings. The molecule has 2 aromatic carbocycles. The first kappa shape index (κ1) is 58.5. The number of fused-ring (bicyclic) bond motifs is 2. The summed E-state index contributed by atoms with van der Waals surface area (Å²) in [5.74, 6) is -0.194. The Balaban J connectivity index is 0.000000322. The summed E-state index contributed by atoms with van der Waals surface area (Å²) in [6, 6.07) is 17.6. The number of benzene rings is 2. The molecule has 0 aliphatic rings. The summed E-state index contributed by atoms with van der Waals surface area (Å²) in [7, 11) is -4.46. The van der Waals surface area contributed by atoms with Crippen LogP contribution in [0.4, 0.5) is 11.9 Å². The molecule has 4 heterocycles. The monoisotopic (exact) mass is 1040 g/mol. The number of ether oxygens (including phenoxy) is 6. The van der Waals surface area contributed by atoms with Crippen LogP contribution in [0.15, 0.2) is 73.3 Å². The number of methoxy groups -OCH3 is 2. The molecule has 4 atom stereocenters. The number of anilines is 2. The Hall–Kier alpha value is -5.85. The second-order valence-electron chi connectivity index (χ2n) is 14.3. The van der Waals surface area contributed by atoms with E-state index in [1.54, 1.807) is 49.5 Å². The molecule has 25 nitrogen and oxygen atoms in total. The molecule has 9 N–H and O–H groups in total. The minimum absolute atomic E-state index is 0. The number of carbonyl (C=O) groups excluding carboxylic acids is 2. The summed E-state index contributed by atoms with van der Waals surface area (Å²) < 4.78 is 70.5. The predicted octanol–water partition coefficient (Wildman–Crippen LogP) is 5.47. The highest BCUT2D eigenvalue weighted by molar-refractivity contribution is 7.56. The molecule has 0 radical (unpaired) electrons. The van der Waals surface area contributed by atoms with Crippen LogP contribution in [-0.2, 0) is 73.0 Å². The van der Waals surface area contributed by atoms with Gasteiger partial charge >= 0.3 is 19.5 Å². The third-order valence-corrected chi connectivity index (χ3v) is 12.0. The highest BCUT2D eigenvalue weighted by atomic mass is 35.5. The summed E-state index contributed by atoms with van der Waals surface area (Å²) in [6.07, 6.45) is 2.45. The van der Waals surface area contributed by atoms with Crippen molar-refractivity contribution in [2.45, 2.75) is 65.4 Å². The Labute approximate surface area is 409 Å². The van der Waals surface area contributed by atoms with Crippen LogP contribution >= 0.6 is 26.7 Å². The van der Waals surface area contributed by atoms with E-state index in [1.165, 1.54) is 14.2 Å². The van der Waals surface area contributed by atoms with Gasteiger partial charge in [0.05, 0.1) is 66.5 Å². The fraction of sp³-hybridized carbons (Fsp3) is 0.429. The number of imidazole rings is 2. The van der Waals surface area contributed by atoms with Crippen molar-refractivity contribution in [1.29, 1.82) is 0 Å². The van der Waals surface area contributed by atoms with Gasteiger partial charge in [0.2, 0.25) is 23.7 Å². The molecule has 70 heavy (non-hydrogen) atoms. The van der Waals surface area contributed by atoms with Crippen molar-refractivity contribution in [2.24, 2.45) is 0 Å². The average molecular weight is 1040 g/mol. The summed E-state index contributed by atoms with van der Waals surface area (Å²) in [5, 5.41) is 2.24. The first-order chi connectivity index (χ1) is 33.0. The molecule has 0 amide bonds. The van der Waals surface area contributed by atoms with Gasteiger partial charge in [-0.1, -0.05) is 60.7 Å². The molecule has 0 aliphatic heterocycles. The molecular formula is C42H61ClN12O13P2. The van der Waals surface area contributed by atoms with Crippen LogP contribution in [0.3, 0.4) is 0 Å². The van der Waals surface area contributed by atoms with E-state index in [0.717, 1.165) is 11.1 Å². The second-order valence-corrected chi connectivity index (χ2v) is 18.8. The molecule has 0 aliphatic carbocycles. The van der Waals surface area contributed by atoms with Crippen molar-refractivity contribution in [3.8, 4) is 11.8 Å². The van der Waals surface area contributed by atoms with Gasteiger partial charge in [0.25, 0.3) is 7.52 Å². The van der Waals surface area contributed by atoms with Gasteiger partial charge in [-0.3, -0.25) is 18.7 Å². The van der Waals surface area contributed by atoms with Gasteiger partial charge in [-0.15, -0.1) is 11.6 Å². The Morgan fingerprint density at radius 3 is 1.59 bits per heavy atom. The standard InChI is InChI=1S/C21H29N6O6P.C16H20N5O5P.C5H9ClO2.H3N/c1-4-32-20(28)15(2)26-34(29,33-12-16-8-6-5-7-9-16)14-31-11-10-27-13-23-17-18(27)24-21(22)25-19(17)30-3;1-24-15-13-14(19-16(17)20-15)21(10-18-13)7-8-25-11-27(22,23)26-9-12-5-3-2-4-6-12;1-3-8-5(7)4(2)6;/h5-9,13,15H,4,10-12,14H2,1-3H3,(H,26,29)(H2,22,24,25);2-6,10H,7-9,11H2,1H3,(H,22,23)(H2,17,19,20);4H,3H2,1-2H3;1H3/t15-,34?;;4-;/m0.0./s1. The van der Waals surface area contributed by atoms with E-state index < -0.39 is 38.9 Å². The van der Waals surface area contributed by atoms with Crippen LogP contribution in [0, 0.1) is 0 Å². The number of hydrogen-bond donors (Lipinski definition) is 5. The first-order valence-corrected chi connectivity index (χ1v) is 25.3. The summed E-state index contributed by atoms with van der Waals surface area (Å²) in [5.41, 5.74) is 15.0. The Bertz CT molecular complexity index is 2630. The molecule has 4 aromatic heterocycles. The fourth-order valence-electron chi connectivity index (χ4n) is 5.70. The lowest BCUT2D eigenvalue weighted by Crippen LogP contribution is -2.34. The van der Waals surface area contributed by atoms with E-state index in [1.807, 2.05) is 60.7 Å². The zero-order valence-electron chi connectivity index (χ0n) is 39.7. The topological polar surface area (TPSA) is 349 Å². The summed E-state index contributed by atoms with van der Waals surface area (Å²) in [6.45, 7) is 8.38. The highest BCUT2D eigenvalue weighted by Crippen LogP contribution is 2.44. The van der Waals surface area contributed by atoms with Gasteiger partial charge in [-0.2, -0.15) is 19.9 Å². The number of esters is 2. The maximum Gasteiger partial charge on any atom is 0.353 e. The molecular weight excluding hydrogens is 978 g/mol. The maximum absolute atomic E-state index is 13.5. The number of carbonyl (C=O) groups is 2. The second kappa shape index (κ2) is 29.4. The van der Waals surface area contributed by atoms with Crippen molar-refractivity contribution in [3.63, 3.8) is 0 Å². The first-order valence-electron chi connectivity index (χ1n) is 21.2. The molecule has 6 aromatic rings. The molecule has 28 heteroatoms. The van der Waals surface area contributed by atoms with Crippen LogP contribution in [0.5, 0.6) is 11.8 Å². The smallest absolute Gasteiger partial charge is 0.353 e. The number of rotatable bonds is 24. The normalized spacial score (nSPS) is 13.5. The van der Waals surface area contributed by atoms with Crippen LogP contribution < -0.4 is 32.2 Å². The van der Waals surface area contributed by atoms with Crippen LogP contribution in [-0.4, -0.2) is 121 Å². The number of aromatic nitrogens is 8. The van der Waals surface area contributed by atoms with Gasteiger partial charge in [0, 0.05) is 13.1 Å². The highest BCUT2D eigenvalue weighted by Gasteiger charge is 2.30. The van der Waals surface area contributed by atoms with Gasteiger partial charge in [0.1, 0.15) is 24.1 Å². The zero-order chi connectivity index (χ0) is 50.4. The van der Waals surface area contributed by atoms with Gasteiger partial charge in [-0.05, 0) is 38.8 Å². The van der Waals surface area contributed by atoms with Crippen molar-refractivity contribution in [1.82, 2.24) is 50.3 Å². The van der Waals surface area contributed by atoms with E-state index >= 15 is 0 Å². The van der Waals surface area contributed by atoms with Crippen LogP contribution in [0.1, 0.15) is 38.8 Å². The minimum Gasteiger partial charge on any atom is -0.479 e. The van der Waals surface area contributed by atoms with E-state index in [4.69, 9.17) is 55.8 Å². The number of nitrogens with one attached hydrogen (secondary N) is 1. The fourth-order valence-corrected chi connectivity index (χ4v) is 8.19. The molecule has 6 rings (SSSR count). The van der Waals surface area contributed by atoms with Crippen molar-refractivity contribution >= 4 is 72.9 Å². The number of alkyl halides is 1. The lowest BCUT2D eigenvalue weighted by Gasteiger charge is -2.23. The minimum atomic E-state index is -3.85. The number of nitrogens with zero attached hydrogens (tertiary/aromatic N) is 8. The molecule has 0 spiro atoms. The van der Waals surface area contributed by atoms with Crippen molar-refractivity contribution in [3.05, 3.63) is 84.4 Å². The van der Waals surface area contributed by atoms with Gasteiger partial charge in [-0.25, -0.2) is 15.1 Å². The van der Waals surface area contributed by atoms with Crippen molar-refractivity contribution in [2.75, 3.05) is 64.8 Å². The number of halogens is 1. The Kier molecular flexibility index (Phi) is 24.5.